The minimum Gasteiger partial charge on any atom is -0.443 e. The van der Waals surface area contributed by atoms with Crippen molar-refractivity contribution in [3.8, 4) is 0 Å². The molecule has 1 fully saturated rings. The van der Waals surface area contributed by atoms with Crippen LogP contribution in [0.5, 0.6) is 0 Å². The average Bonchev–Trinajstić information content (AvgIpc) is 2.19. The molecule has 0 heterocycles. The van der Waals surface area contributed by atoms with Gasteiger partial charge in [-0.2, -0.15) is 0 Å². The molecule has 1 aliphatic carbocycles. The Labute approximate surface area is 112 Å². The summed E-state index contributed by atoms with van der Waals surface area (Å²) in [5, 5.41) is 9.48. The molecular formula is C9H19ClN2O5S. The third kappa shape index (κ3) is 3.98. The molecule has 1 rings (SSSR count). The summed E-state index contributed by atoms with van der Waals surface area (Å²) >= 11 is 0. The van der Waals surface area contributed by atoms with Crippen LogP contribution in [-0.4, -0.2) is 49.4 Å². The summed E-state index contributed by atoms with van der Waals surface area (Å²) in [4.78, 5) is 10.7. The molecule has 7 nitrogen and oxygen atoms in total. The van der Waals surface area contributed by atoms with E-state index in [1.807, 2.05) is 0 Å². The van der Waals surface area contributed by atoms with Crippen molar-refractivity contribution in [1.29, 1.82) is 0 Å². The number of nitrogens with two attached hydrogens (primary N) is 2. The zero-order valence-corrected chi connectivity index (χ0v) is 11.7. The van der Waals surface area contributed by atoms with Crippen molar-refractivity contribution in [2.24, 2.45) is 11.5 Å². The second-order valence-electron chi connectivity index (χ2n) is 4.46. The summed E-state index contributed by atoms with van der Waals surface area (Å²) in [6, 6.07) is 0. The van der Waals surface area contributed by atoms with Gasteiger partial charge in [0.25, 0.3) is 0 Å². The Morgan fingerprint density at radius 3 is 2.50 bits per heavy atom. The molecule has 1 amide bonds. The first-order chi connectivity index (χ1) is 7.69. The van der Waals surface area contributed by atoms with Crippen LogP contribution in [0.1, 0.15) is 19.3 Å². The lowest BCUT2D eigenvalue weighted by atomic mass is 9.82. The molecule has 9 heteroatoms. The number of carbonyl (C=O) groups excluding carboxylic acids is 1. The van der Waals surface area contributed by atoms with Crippen LogP contribution in [0, 0.1) is 0 Å². The molecular weight excluding hydrogens is 284 g/mol. The molecule has 3 atom stereocenters. The molecule has 5 N–H and O–H groups in total. The van der Waals surface area contributed by atoms with Gasteiger partial charge in [0.2, 0.25) is 0 Å². The number of hydrogen-bond donors (Lipinski definition) is 3. The number of amides is 1. The second-order valence-corrected chi connectivity index (χ2v) is 6.78. The van der Waals surface area contributed by atoms with Crippen LogP contribution in [0.3, 0.4) is 0 Å². The number of ether oxygens (including phenoxy) is 1. The van der Waals surface area contributed by atoms with Gasteiger partial charge in [0.1, 0.15) is 21.5 Å². The summed E-state index contributed by atoms with van der Waals surface area (Å²) in [6.07, 6.45) is -0.416. The SMILES string of the molecule is CS(=O)(=O)C1CCC(O)(CN)C(OC(N)=O)C1.Cl. The van der Waals surface area contributed by atoms with Crippen molar-refractivity contribution in [1.82, 2.24) is 0 Å². The minimum absolute atomic E-state index is 0. The van der Waals surface area contributed by atoms with Gasteiger partial charge in [-0.1, -0.05) is 0 Å². The van der Waals surface area contributed by atoms with Crippen molar-refractivity contribution in [3.05, 3.63) is 0 Å². The van der Waals surface area contributed by atoms with Gasteiger partial charge in [-0.3, -0.25) is 0 Å². The third-order valence-electron chi connectivity index (χ3n) is 3.19. The standard InChI is InChI=1S/C9H18N2O5S.ClH/c1-17(14,15)6-2-3-9(13,5-10)7(4-6)16-8(11)12;/h6-7,13H,2-5,10H2,1H3,(H2,11,12);1H. The maximum atomic E-state index is 11.4. The molecule has 108 valence electrons. The van der Waals surface area contributed by atoms with Crippen LogP contribution in [0.25, 0.3) is 0 Å². The zero-order chi connectivity index (χ0) is 13.3. The summed E-state index contributed by atoms with van der Waals surface area (Å²) in [6.45, 7) is -0.110. The Morgan fingerprint density at radius 2 is 2.11 bits per heavy atom. The third-order valence-corrected chi connectivity index (χ3v) is 4.83. The maximum Gasteiger partial charge on any atom is 0.404 e. The van der Waals surface area contributed by atoms with E-state index in [0.717, 1.165) is 6.26 Å². The summed E-state index contributed by atoms with van der Waals surface area (Å²) in [5.41, 5.74) is 8.92. The lowest BCUT2D eigenvalue weighted by Gasteiger charge is -2.40. The number of primary amides is 1. The van der Waals surface area contributed by atoms with Gasteiger partial charge in [-0.25, -0.2) is 13.2 Å². The Hall–Kier alpha value is -0.570. The van der Waals surface area contributed by atoms with Crippen LogP contribution in [0.4, 0.5) is 4.79 Å². The predicted molar refractivity (Wildman–Crippen MR) is 68.2 cm³/mol. The smallest absolute Gasteiger partial charge is 0.404 e. The summed E-state index contributed by atoms with van der Waals surface area (Å²) in [5.74, 6) is 0. The number of halogens is 1. The molecule has 0 aromatic rings. The Bertz CT molecular complexity index is 402. The molecule has 0 radical (unpaired) electrons. The van der Waals surface area contributed by atoms with E-state index in [9.17, 15) is 18.3 Å². The van der Waals surface area contributed by atoms with Crippen LogP contribution >= 0.6 is 12.4 Å². The van der Waals surface area contributed by atoms with E-state index in [1.54, 1.807) is 0 Å². The van der Waals surface area contributed by atoms with Crippen LogP contribution < -0.4 is 11.5 Å². The van der Waals surface area contributed by atoms with Gasteiger partial charge < -0.3 is 21.3 Å². The van der Waals surface area contributed by atoms with E-state index in [0.29, 0.717) is 6.42 Å². The highest BCUT2D eigenvalue weighted by molar-refractivity contribution is 7.91. The lowest BCUT2D eigenvalue weighted by Crippen LogP contribution is -2.56. The Morgan fingerprint density at radius 1 is 1.56 bits per heavy atom. The van der Waals surface area contributed by atoms with Crippen molar-refractivity contribution in [2.75, 3.05) is 12.8 Å². The molecule has 3 unspecified atom stereocenters. The average molecular weight is 303 g/mol. The molecule has 0 saturated heterocycles. The van der Waals surface area contributed by atoms with Gasteiger partial charge in [-0.05, 0) is 12.8 Å². The van der Waals surface area contributed by atoms with E-state index >= 15 is 0 Å². The molecule has 0 aliphatic heterocycles. The Balaban J connectivity index is 0.00000289. The lowest BCUT2D eigenvalue weighted by molar-refractivity contribution is -0.0939. The first kappa shape index (κ1) is 17.4. The van der Waals surface area contributed by atoms with Gasteiger partial charge >= 0.3 is 6.09 Å². The second kappa shape index (κ2) is 6.05. The fourth-order valence-electron chi connectivity index (χ4n) is 2.07. The van der Waals surface area contributed by atoms with E-state index in [-0.39, 0.29) is 31.8 Å². The normalized spacial score (nSPS) is 32.4. The molecule has 0 bridgehead atoms. The number of hydrogen-bond acceptors (Lipinski definition) is 6. The van der Waals surface area contributed by atoms with E-state index in [1.165, 1.54) is 0 Å². The molecule has 18 heavy (non-hydrogen) atoms. The fourth-order valence-corrected chi connectivity index (χ4v) is 3.14. The first-order valence-corrected chi connectivity index (χ1v) is 7.22. The molecule has 1 aliphatic rings. The number of aliphatic hydroxyl groups is 1. The highest BCUT2D eigenvalue weighted by Crippen LogP contribution is 2.33. The molecule has 0 spiro atoms. The van der Waals surface area contributed by atoms with Crippen molar-refractivity contribution < 1.29 is 23.1 Å². The summed E-state index contributed by atoms with van der Waals surface area (Å²) < 4.78 is 27.6. The quantitative estimate of drug-likeness (QED) is 0.622. The summed E-state index contributed by atoms with van der Waals surface area (Å²) in [7, 11) is -3.24. The van der Waals surface area contributed by atoms with E-state index < -0.39 is 32.9 Å². The van der Waals surface area contributed by atoms with Crippen molar-refractivity contribution in [2.45, 2.75) is 36.2 Å². The van der Waals surface area contributed by atoms with Crippen LogP contribution in [0.15, 0.2) is 0 Å². The Kier molecular flexibility index (Phi) is 5.86. The van der Waals surface area contributed by atoms with Gasteiger partial charge in [0, 0.05) is 19.2 Å². The largest absolute Gasteiger partial charge is 0.443 e. The zero-order valence-electron chi connectivity index (χ0n) is 10.0. The number of rotatable bonds is 3. The van der Waals surface area contributed by atoms with Gasteiger partial charge in [0.05, 0.1) is 5.25 Å². The van der Waals surface area contributed by atoms with Crippen molar-refractivity contribution in [3.63, 3.8) is 0 Å². The molecule has 0 aromatic carbocycles. The fraction of sp³-hybridized carbons (Fsp3) is 0.889. The first-order valence-electron chi connectivity index (χ1n) is 5.26. The molecule has 0 aromatic heterocycles. The van der Waals surface area contributed by atoms with Gasteiger partial charge in [0.15, 0.2) is 0 Å². The highest BCUT2D eigenvalue weighted by Gasteiger charge is 2.46. The number of sulfone groups is 1. The van der Waals surface area contributed by atoms with Crippen LogP contribution in [0.2, 0.25) is 0 Å². The highest BCUT2D eigenvalue weighted by atomic mass is 35.5. The van der Waals surface area contributed by atoms with Crippen LogP contribution in [-0.2, 0) is 14.6 Å². The van der Waals surface area contributed by atoms with E-state index in [4.69, 9.17) is 16.2 Å². The van der Waals surface area contributed by atoms with Gasteiger partial charge in [-0.15, -0.1) is 12.4 Å². The minimum atomic E-state index is -3.24. The monoisotopic (exact) mass is 302 g/mol. The maximum absolute atomic E-state index is 11.4. The van der Waals surface area contributed by atoms with E-state index in [2.05, 4.69) is 0 Å². The topological polar surface area (TPSA) is 133 Å². The number of carbonyl (C=O) groups is 1. The molecule has 1 saturated carbocycles. The van der Waals surface area contributed by atoms with Crippen molar-refractivity contribution >= 4 is 28.3 Å². The predicted octanol–water partition coefficient (Wildman–Crippen LogP) is -0.841.